The summed E-state index contributed by atoms with van der Waals surface area (Å²) < 4.78 is 10.6. The number of carboxylic acids is 1. The Labute approximate surface area is 109 Å². The third-order valence-electron chi connectivity index (χ3n) is 2.39. The Bertz CT molecular complexity index is 613. The number of carboxylic acid groups (broad SMARTS) is 1. The average molecular weight is 260 g/mol. The molecule has 0 fully saturated rings. The highest BCUT2D eigenvalue weighted by molar-refractivity contribution is 5.88. The molecule has 1 N–H and O–H groups in total. The van der Waals surface area contributed by atoms with Crippen LogP contribution >= 0.6 is 0 Å². The lowest BCUT2D eigenvalue weighted by Gasteiger charge is -2.10. The second-order valence-corrected chi connectivity index (χ2v) is 3.84. The summed E-state index contributed by atoms with van der Waals surface area (Å²) >= 11 is 0. The molecule has 6 heteroatoms. The van der Waals surface area contributed by atoms with Crippen LogP contribution in [0.1, 0.15) is 15.9 Å². The number of aromatic carboxylic acids is 1. The number of benzene rings is 1. The van der Waals surface area contributed by atoms with Gasteiger partial charge in [0.25, 0.3) is 0 Å². The van der Waals surface area contributed by atoms with Gasteiger partial charge in [0.1, 0.15) is 0 Å². The third-order valence-corrected chi connectivity index (χ3v) is 2.39. The van der Waals surface area contributed by atoms with E-state index in [9.17, 15) is 4.79 Å². The fourth-order valence-electron chi connectivity index (χ4n) is 1.49. The summed E-state index contributed by atoms with van der Waals surface area (Å²) in [7, 11) is 1.44. The number of methoxy groups -OCH3 is 1. The van der Waals surface area contributed by atoms with Crippen LogP contribution in [0.4, 0.5) is 0 Å². The van der Waals surface area contributed by atoms with E-state index in [1.165, 1.54) is 25.3 Å². The first-order valence-electron chi connectivity index (χ1n) is 5.48. The summed E-state index contributed by atoms with van der Waals surface area (Å²) in [6, 6.07) is 6.06. The molecule has 0 aliphatic rings. The molecule has 0 aliphatic carbocycles. The Hall–Kier alpha value is -2.63. The molecular formula is C13H12N2O4. The zero-order valence-corrected chi connectivity index (χ0v) is 10.5. The Morgan fingerprint density at radius 2 is 2.05 bits per heavy atom. The van der Waals surface area contributed by atoms with E-state index in [-0.39, 0.29) is 5.56 Å². The van der Waals surface area contributed by atoms with E-state index < -0.39 is 5.97 Å². The van der Waals surface area contributed by atoms with Gasteiger partial charge in [-0.15, -0.1) is 5.10 Å². The van der Waals surface area contributed by atoms with Crippen LogP contribution in [0.25, 0.3) is 0 Å². The van der Waals surface area contributed by atoms with Crippen molar-refractivity contribution < 1.29 is 19.4 Å². The molecule has 6 nitrogen and oxygen atoms in total. The van der Waals surface area contributed by atoms with E-state index in [1.807, 2.05) is 6.92 Å². The normalized spacial score (nSPS) is 10.0. The topological polar surface area (TPSA) is 81.5 Å². The van der Waals surface area contributed by atoms with Crippen molar-refractivity contribution in [1.82, 2.24) is 10.2 Å². The molecule has 0 amide bonds. The number of ether oxygens (including phenoxy) is 2. The zero-order valence-electron chi connectivity index (χ0n) is 10.5. The third kappa shape index (κ3) is 2.98. The fourth-order valence-corrected chi connectivity index (χ4v) is 1.49. The van der Waals surface area contributed by atoms with Crippen molar-refractivity contribution >= 4 is 5.97 Å². The van der Waals surface area contributed by atoms with Gasteiger partial charge in [0.2, 0.25) is 5.88 Å². The maximum atomic E-state index is 10.9. The van der Waals surface area contributed by atoms with Gasteiger partial charge < -0.3 is 14.6 Å². The highest BCUT2D eigenvalue weighted by Gasteiger charge is 2.11. The number of aromatic nitrogens is 2. The van der Waals surface area contributed by atoms with E-state index in [1.54, 1.807) is 12.3 Å². The molecule has 2 aromatic rings. The standard InChI is InChI=1S/C13H12N2O4/c1-8-5-12(15-14-7-8)19-10-4-3-9(13(16)17)6-11(10)18-2/h3-7H,1-2H3,(H,16,17). The molecule has 0 saturated carbocycles. The first-order chi connectivity index (χ1) is 9.10. The van der Waals surface area contributed by atoms with E-state index in [2.05, 4.69) is 10.2 Å². The van der Waals surface area contributed by atoms with Crippen LogP contribution in [-0.2, 0) is 0 Å². The molecule has 2 rings (SSSR count). The summed E-state index contributed by atoms with van der Waals surface area (Å²) in [5.41, 5.74) is 1.03. The smallest absolute Gasteiger partial charge is 0.335 e. The van der Waals surface area contributed by atoms with E-state index in [0.29, 0.717) is 17.4 Å². The zero-order chi connectivity index (χ0) is 13.8. The number of aryl methyl sites for hydroxylation is 1. The summed E-state index contributed by atoms with van der Waals surface area (Å²) in [6.45, 7) is 1.87. The summed E-state index contributed by atoms with van der Waals surface area (Å²) in [6.07, 6.45) is 1.61. The van der Waals surface area contributed by atoms with Gasteiger partial charge in [-0.3, -0.25) is 0 Å². The van der Waals surface area contributed by atoms with Crippen LogP contribution in [0.5, 0.6) is 17.4 Å². The van der Waals surface area contributed by atoms with Crippen molar-refractivity contribution in [3.63, 3.8) is 0 Å². The maximum Gasteiger partial charge on any atom is 0.335 e. The van der Waals surface area contributed by atoms with Crippen molar-refractivity contribution in [2.45, 2.75) is 6.92 Å². The molecule has 0 unspecified atom stereocenters. The molecule has 0 radical (unpaired) electrons. The van der Waals surface area contributed by atoms with Crippen molar-refractivity contribution in [1.29, 1.82) is 0 Å². The minimum atomic E-state index is -1.03. The second kappa shape index (κ2) is 5.34. The first kappa shape index (κ1) is 12.8. The summed E-state index contributed by atoms with van der Waals surface area (Å²) in [4.78, 5) is 10.9. The van der Waals surface area contributed by atoms with Crippen LogP contribution in [0.3, 0.4) is 0 Å². The molecule has 0 saturated heterocycles. The quantitative estimate of drug-likeness (QED) is 0.908. The van der Waals surface area contributed by atoms with Gasteiger partial charge in [0, 0.05) is 6.07 Å². The van der Waals surface area contributed by atoms with Gasteiger partial charge >= 0.3 is 5.97 Å². The molecular weight excluding hydrogens is 248 g/mol. The maximum absolute atomic E-state index is 10.9. The molecule has 98 valence electrons. The summed E-state index contributed by atoms with van der Waals surface area (Å²) in [5.74, 6) is -0.00261. The van der Waals surface area contributed by atoms with Gasteiger partial charge in [-0.1, -0.05) is 0 Å². The Kier molecular flexibility index (Phi) is 3.61. The Morgan fingerprint density at radius 3 is 2.68 bits per heavy atom. The lowest BCUT2D eigenvalue weighted by molar-refractivity contribution is 0.0696. The predicted octanol–water partition coefficient (Wildman–Crippen LogP) is 2.28. The number of hydrogen-bond acceptors (Lipinski definition) is 5. The Balaban J connectivity index is 2.32. The minimum absolute atomic E-state index is 0.125. The number of rotatable bonds is 4. The highest BCUT2D eigenvalue weighted by Crippen LogP contribution is 2.31. The largest absolute Gasteiger partial charge is 0.493 e. The number of nitrogens with zero attached hydrogens (tertiary/aromatic N) is 2. The van der Waals surface area contributed by atoms with Crippen LogP contribution in [0.2, 0.25) is 0 Å². The van der Waals surface area contributed by atoms with Gasteiger partial charge in [0.15, 0.2) is 11.5 Å². The Morgan fingerprint density at radius 1 is 1.26 bits per heavy atom. The lowest BCUT2D eigenvalue weighted by Crippen LogP contribution is -1.99. The lowest BCUT2D eigenvalue weighted by atomic mass is 10.2. The number of hydrogen-bond donors (Lipinski definition) is 1. The van der Waals surface area contributed by atoms with Crippen LogP contribution in [0, 0.1) is 6.92 Å². The monoisotopic (exact) mass is 260 g/mol. The first-order valence-corrected chi connectivity index (χ1v) is 5.48. The van der Waals surface area contributed by atoms with Crippen molar-refractivity contribution in [2.24, 2.45) is 0 Å². The van der Waals surface area contributed by atoms with Crippen molar-refractivity contribution in [3.05, 3.63) is 41.6 Å². The molecule has 1 aromatic heterocycles. The molecule has 19 heavy (non-hydrogen) atoms. The van der Waals surface area contributed by atoms with Crippen LogP contribution < -0.4 is 9.47 Å². The van der Waals surface area contributed by atoms with Crippen LogP contribution in [-0.4, -0.2) is 28.4 Å². The van der Waals surface area contributed by atoms with Gasteiger partial charge in [-0.25, -0.2) is 4.79 Å². The summed E-state index contributed by atoms with van der Waals surface area (Å²) in [5, 5.41) is 16.5. The van der Waals surface area contributed by atoms with E-state index in [4.69, 9.17) is 14.6 Å². The molecule has 0 atom stereocenters. The fraction of sp³-hybridized carbons (Fsp3) is 0.154. The average Bonchev–Trinajstić information content (AvgIpc) is 2.39. The van der Waals surface area contributed by atoms with Gasteiger partial charge in [-0.05, 0) is 30.7 Å². The van der Waals surface area contributed by atoms with Gasteiger partial charge in [0.05, 0.1) is 18.9 Å². The molecule has 0 bridgehead atoms. The van der Waals surface area contributed by atoms with Crippen molar-refractivity contribution in [2.75, 3.05) is 7.11 Å². The minimum Gasteiger partial charge on any atom is -0.493 e. The molecule has 0 aliphatic heterocycles. The second-order valence-electron chi connectivity index (χ2n) is 3.84. The van der Waals surface area contributed by atoms with E-state index in [0.717, 1.165) is 5.56 Å². The van der Waals surface area contributed by atoms with Crippen LogP contribution in [0.15, 0.2) is 30.5 Å². The molecule has 0 spiro atoms. The van der Waals surface area contributed by atoms with E-state index >= 15 is 0 Å². The molecule has 1 aromatic carbocycles. The highest BCUT2D eigenvalue weighted by atomic mass is 16.5. The van der Waals surface area contributed by atoms with Gasteiger partial charge in [-0.2, -0.15) is 5.10 Å². The number of carbonyl (C=O) groups is 1. The SMILES string of the molecule is COc1cc(C(=O)O)ccc1Oc1cc(C)cnn1. The molecule has 1 heterocycles. The van der Waals surface area contributed by atoms with Crippen molar-refractivity contribution in [3.8, 4) is 17.4 Å². The predicted molar refractivity (Wildman–Crippen MR) is 66.8 cm³/mol.